The van der Waals surface area contributed by atoms with E-state index in [9.17, 15) is 0 Å². The second kappa shape index (κ2) is 5.74. The number of piperidine rings is 1. The van der Waals surface area contributed by atoms with Crippen molar-refractivity contribution < 1.29 is 9.47 Å². The minimum atomic E-state index is 0.395. The van der Waals surface area contributed by atoms with E-state index < -0.39 is 0 Å². The van der Waals surface area contributed by atoms with Crippen molar-refractivity contribution in [2.45, 2.75) is 31.8 Å². The van der Waals surface area contributed by atoms with Crippen LogP contribution in [0.2, 0.25) is 0 Å². The molecule has 1 aromatic carbocycles. The molecule has 2 saturated heterocycles. The van der Waals surface area contributed by atoms with E-state index in [1.54, 1.807) is 7.11 Å². The Hall–Kier alpha value is -1.06. The molecule has 0 aliphatic carbocycles. The van der Waals surface area contributed by atoms with Crippen molar-refractivity contribution in [3.8, 4) is 5.75 Å². The SMILES string of the molecule is COc1ccc(C[C@@H]2CC3(CCN(C)CC3)CO2)cc1. The Balaban J connectivity index is 1.57. The molecule has 1 spiro atoms. The summed E-state index contributed by atoms with van der Waals surface area (Å²) in [7, 11) is 3.93. The predicted octanol–water partition coefficient (Wildman–Crippen LogP) is 2.74. The van der Waals surface area contributed by atoms with Gasteiger partial charge in [0.25, 0.3) is 0 Å². The lowest BCUT2D eigenvalue weighted by Crippen LogP contribution is -2.38. The summed E-state index contributed by atoms with van der Waals surface area (Å²) in [6, 6.07) is 8.38. The van der Waals surface area contributed by atoms with Crippen molar-refractivity contribution >= 4 is 0 Å². The van der Waals surface area contributed by atoms with Crippen LogP contribution in [-0.2, 0) is 11.2 Å². The van der Waals surface area contributed by atoms with Crippen LogP contribution < -0.4 is 4.74 Å². The average molecular weight is 275 g/mol. The minimum absolute atomic E-state index is 0.395. The lowest BCUT2D eigenvalue weighted by Gasteiger charge is -2.36. The number of methoxy groups -OCH3 is 1. The van der Waals surface area contributed by atoms with Crippen LogP contribution in [0.5, 0.6) is 5.75 Å². The van der Waals surface area contributed by atoms with Gasteiger partial charge < -0.3 is 14.4 Å². The molecule has 0 aromatic heterocycles. The van der Waals surface area contributed by atoms with Crippen LogP contribution in [0.15, 0.2) is 24.3 Å². The van der Waals surface area contributed by atoms with Crippen molar-refractivity contribution in [2.75, 3.05) is 33.9 Å². The minimum Gasteiger partial charge on any atom is -0.497 e. The molecule has 0 radical (unpaired) electrons. The zero-order valence-electron chi connectivity index (χ0n) is 12.6. The van der Waals surface area contributed by atoms with Gasteiger partial charge in [-0.1, -0.05) is 12.1 Å². The van der Waals surface area contributed by atoms with Gasteiger partial charge in [-0.05, 0) is 68.9 Å². The Morgan fingerprint density at radius 1 is 1.25 bits per heavy atom. The quantitative estimate of drug-likeness (QED) is 0.846. The Bertz CT molecular complexity index is 435. The second-order valence-electron chi connectivity index (χ2n) is 6.49. The molecule has 3 nitrogen and oxygen atoms in total. The molecule has 3 rings (SSSR count). The van der Waals surface area contributed by atoms with Gasteiger partial charge >= 0.3 is 0 Å². The molecule has 2 fully saturated rings. The van der Waals surface area contributed by atoms with Gasteiger partial charge in [-0.3, -0.25) is 0 Å². The Kier molecular flexibility index (Phi) is 3.99. The predicted molar refractivity (Wildman–Crippen MR) is 80.2 cm³/mol. The molecule has 3 heteroatoms. The molecule has 1 atom stereocenters. The molecule has 0 N–H and O–H groups in total. The van der Waals surface area contributed by atoms with Gasteiger partial charge in [0.1, 0.15) is 5.75 Å². The fraction of sp³-hybridized carbons (Fsp3) is 0.647. The van der Waals surface area contributed by atoms with Gasteiger partial charge in [-0.25, -0.2) is 0 Å². The summed E-state index contributed by atoms with van der Waals surface area (Å²) in [4.78, 5) is 2.43. The average Bonchev–Trinajstić information content (AvgIpc) is 2.86. The summed E-state index contributed by atoms with van der Waals surface area (Å²) >= 11 is 0. The standard InChI is InChI=1S/C17H25NO2/c1-18-9-7-17(8-10-18)12-16(20-13-17)11-14-3-5-15(19-2)6-4-14/h3-6,16H,7-13H2,1-2H3/t16-/m1/s1. The number of hydrogen-bond acceptors (Lipinski definition) is 3. The molecule has 0 bridgehead atoms. The topological polar surface area (TPSA) is 21.7 Å². The zero-order chi connectivity index (χ0) is 14.0. The highest BCUT2D eigenvalue weighted by Crippen LogP contribution is 2.42. The van der Waals surface area contributed by atoms with E-state index in [-0.39, 0.29) is 0 Å². The van der Waals surface area contributed by atoms with Crippen molar-refractivity contribution in [2.24, 2.45) is 5.41 Å². The lowest BCUT2D eigenvalue weighted by molar-refractivity contribution is 0.0714. The summed E-state index contributed by atoms with van der Waals surface area (Å²) in [6.45, 7) is 3.40. The molecule has 20 heavy (non-hydrogen) atoms. The number of hydrogen-bond donors (Lipinski definition) is 0. The summed E-state index contributed by atoms with van der Waals surface area (Å²) in [5, 5.41) is 0. The second-order valence-corrected chi connectivity index (χ2v) is 6.49. The molecule has 2 heterocycles. The first-order chi connectivity index (χ1) is 9.69. The van der Waals surface area contributed by atoms with Crippen molar-refractivity contribution in [3.63, 3.8) is 0 Å². The van der Waals surface area contributed by atoms with Gasteiger partial charge in [0, 0.05) is 0 Å². The number of likely N-dealkylation sites (tertiary alicyclic amines) is 1. The summed E-state index contributed by atoms with van der Waals surface area (Å²) < 4.78 is 11.3. The first-order valence-electron chi connectivity index (χ1n) is 7.62. The van der Waals surface area contributed by atoms with Gasteiger partial charge in [0.2, 0.25) is 0 Å². The van der Waals surface area contributed by atoms with Crippen molar-refractivity contribution in [1.29, 1.82) is 0 Å². The van der Waals surface area contributed by atoms with Gasteiger partial charge in [0.15, 0.2) is 0 Å². The number of nitrogens with zero attached hydrogens (tertiary/aromatic N) is 1. The van der Waals surface area contributed by atoms with E-state index in [4.69, 9.17) is 9.47 Å². The third-order valence-corrected chi connectivity index (χ3v) is 4.96. The number of rotatable bonds is 3. The molecule has 0 amide bonds. The summed E-state index contributed by atoms with van der Waals surface area (Å²) in [5.74, 6) is 0.924. The molecular weight excluding hydrogens is 250 g/mol. The molecule has 2 aliphatic rings. The molecule has 110 valence electrons. The fourth-order valence-electron chi connectivity index (χ4n) is 3.49. The van der Waals surface area contributed by atoms with E-state index in [1.807, 2.05) is 12.1 Å². The fourth-order valence-corrected chi connectivity index (χ4v) is 3.49. The Morgan fingerprint density at radius 2 is 1.95 bits per heavy atom. The highest BCUT2D eigenvalue weighted by atomic mass is 16.5. The molecule has 0 saturated carbocycles. The van der Waals surface area contributed by atoms with Crippen LogP contribution in [0, 0.1) is 5.41 Å². The summed E-state index contributed by atoms with van der Waals surface area (Å²) in [6.07, 6.45) is 5.24. The molecule has 1 aromatic rings. The maximum atomic E-state index is 6.09. The van der Waals surface area contributed by atoms with E-state index in [0.717, 1.165) is 18.8 Å². The van der Waals surface area contributed by atoms with Crippen molar-refractivity contribution in [3.05, 3.63) is 29.8 Å². The van der Waals surface area contributed by atoms with Crippen LogP contribution >= 0.6 is 0 Å². The number of ether oxygens (including phenoxy) is 2. The van der Waals surface area contributed by atoms with Gasteiger partial charge in [-0.15, -0.1) is 0 Å². The van der Waals surface area contributed by atoms with Gasteiger partial charge in [-0.2, -0.15) is 0 Å². The maximum absolute atomic E-state index is 6.09. The van der Waals surface area contributed by atoms with Crippen LogP contribution in [0.4, 0.5) is 0 Å². The third-order valence-electron chi connectivity index (χ3n) is 4.96. The maximum Gasteiger partial charge on any atom is 0.118 e. The zero-order valence-corrected chi connectivity index (χ0v) is 12.6. The first-order valence-corrected chi connectivity index (χ1v) is 7.62. The van der Waals surface area contributed by atoms with E-state index >= 15 is 0 Å². The van der Waals surface area contributed by atoms with Crippen LogP contribution in [0.25, 0.3) is 0 Å². The molecular formula is C17H25NO2. The van der Waals surface area contributed by atoms with E-state index in [1.165, 1.54) is 37.9 Å². The smallest absolute Gasteiger partial charge is 0.118 e. The lowest BCUT2D eigenvalue weighted by atomic mass is 9.76. The van der Waals surface area contributed by atoms with E-state index in [2.05, 4.69) is 24.1 Å². The monoisotopic (exact) mass is 275 g/mol. The van der Waals surface area contributed by atoms with Crippen molar-refractivity contribution in [1.82, 2.24) is 4.90 Å². The van der Waals surface area contributed by atoms with Crippen LogP contribution in [-0.4, -0.2) is 44.9 Å². The first kappa shape index (κ1) is 13.9. The molecule has 2 aliphatic heterocycles. The Labute approximate surface area is 121 Å². The van der Waals surface area contributed by atoms with Crippen LogP contribution in [0.3, 0.4) is 0 Å². The highest BCUT2D eigenvalue weighted by molar-refractivity contribution is 5.27. The highest BCUT2D eigenvalue weighted by Gasteiger charge is 2.41. The largest absolute Gasteiger partial charge is 0.497 e. The van der Waals surface area contributed by atoms with Crippen LogP contribution in [0.1, 0.15) is 24.8 Å². The number of benzene rings is 1. The summed E-state index contributed by atoms with van der Waals surface area (Å²) in [5.41, 5.74) is 1.81. The Morgan fingerprint density at radius 3 is 2.60 bits per heavy atom. The normalized spacial score (nSPS) is 26.0. The van der Waals surface area contributed by atoms with E-state index in [0.29, 0.717) is 11.5 Å². The third kappa shape index (κ3) is 2.99. The van der Waals surface area contributed by atoms with Gasteiger partial charge in [0.05, 0.1) is 19.8 Å². The molecule has 0 unspecified atom stereocenters.